The van der Waals surface area contributed by atoms with Gasteiger partial charge < -0.3 is 31.9 Å². The monoisotopic (exact) mass is 426 g/mol. The Morgan fingerprint density at radius 3 is 1.97 bits per heavy atom. The number of carbonyl (C=O) groups is 4. The van der Waals surface area contributed by atoms with E-state index in [1.165, 1.54) is 26.0 Å². The highest BCUT2D eigenvalue weighted by molar-refractivity contribution is 7.80. The minimum absolute atomic E-state index is 0.0325. The highest BCUT2D eigenvalue weighted by Crippen LogP contribution is 2.12. The van der Waals surface area contributed by atoms with Crippen molar-refractivity contribution < 1.29 is 29.4 Å². The van der Waals surface area contributed by atoms with E-state index in [-0.39, 0.29) is 17.9 Å². The number of carbonyl (C=O) groups excluding carboxylic acids is 3. The van der Waals surface area contributed by atoms with E-state index in [0.29, 0.717) is 5.56 Å². The maximum atomic E-state index is 12.6. The molecule has 11 heteroatoms. The number of aliphatic carboxylic acids is 1. The molecule has 0 spiro atoms. The van der Waals surface area contributed by atoms with E-state index in [1.807, 2.05) is 0 Å². The van der Waals surface area contributed by atoms with Crippen LogP contribution in [0.4, 0.5) is 0 Å². The van der Waals surface area contributed by atoms with Crippen molar-refractivity contribution in [3.05, 3.63) is 29.8 Å². The number of rotatable bonds is 10. The summed E-state index contributed by atoms with van der Waals surface area (Å²) in [5, 5.41) is 25.6. The summed E-state index contributed by atoms with van der Waals surface area (Å²) in [5.41, 5.74) is 6.10. The number of carboxylic acids is 1. The molecule has 0 aliphatic rings. The lowest BCUT2D eigenvalue weighted by molar-refractivity contribution is -0.141. The lowest BCUT2D eigenvalue weighted by atomic mass is 10.0. The third-order valence-corrected chi connectivity index (χ3v) is 4.33. The summed E-state index contributed by atoms with van der Waals surface area (Å²) in [6.45, 7) is 2.75. The molecule has 0 radical (unpaired) electrons. The van der Waals surface area contributed by atoms with Gasteiger partial charge in [-0.05, 0) is 31.5 Å². The fraction of sp³-hybridized carbons (Fsp3) is 0.444. The zero-order chi connectivity index (χ0) is 22.1. The van der Waals surface area contributed by atoms with Gasteiger partial charge in [0.05, 0.1) is 6.04 Å². The Labute approximate surface area is 173 Å². The van der Waals surface area contributed by atoms with E-state index in [4.69, 9.17) is 10.8 Å². The van der Waals surface area contributed by atoms with Crippen molar-refractivity contribution in [2.75, 3.05) is 5.75 Å². The standard InChI is InChI=1S/C18H26N4O6S/c1-9(19)15(24)22-14(8-29)17(26)21-13(16(25)20-10(2)18(27)28)7-11-3-5-12(23)6-4-11/h3-6,9-10,13-14,23,29H,7-8,19H2,1-2H3,(H,20,25)(H,21,26)(H,22,24)(H,27,28). The maximum absolute atomic E-state index is 12.6. The summed E-state index contributed by atoms with van der Waals surface area (Å²) in [5.74, 6) is -3.17. The van der Waals surface area contributed by atoms with E-state index in [2.05, 4.69) is 28.6 Å². The molecule has 0 saturated heterocycles. The van der Waals surface area contributed by atoms with Crippen LogP contribution in [0.2, 0.25) is 0 Å². The first-order valence-electron chi connectivity index (χ1n) is 8.83. The van der Waals surface area contributed by atoms with Gasteiger partial charge in [-0.15, -0.1) is 0 Å². The molecule has 10 nitrogen and oxygen atoms in total. The molecule has 0 fully saturated rings. The van der Waals surface area contributed by atoms with Crippen LogP contribution in [0.25, 0.3) is 0 Å². The number of phenolic OH excluding ortho intramolecular Hbond substituents is 1. The molecule has 7 N–H and O–H groups in total. The second-order valence-corrected chi connectivity index (χ2v) is 6.90. The fourth-order valence-electron chi connectivity index (χ4n) is 2.22. The molecular weight excluding hydrogens is 400 g/mol. The average molecular weight is 426 g/mol. The van der Waals surface area contributed by atoms with Crippen LogP contribution in [-0.2, 0) is 25.6 Å². The first kappa shape index (κ1) is 24.2. The largest absolute Gasteiger partial charge is 0.508 e. The Morgan fingerprint density at radius 2 is 1.48 bits per heavy atom. The van der Waals surface area contributed by atoms with Crippen molar-refractivity contribution in [2.24, 2.45) is 5.73 Å². The first-order chi connectivity index (χ1) is 13.5. The average Bonchev–Trinajstić information content (AvgIpc) is 2.66. The Hall–Kier alpha value is -2.79. The van der Waals surface area contributed by atoms with Gasteiger partial charge in [-0.3, -0.25) is 19.2 Å². The predicted molar refractivity (Wildman–Crippen MR) is 108 cm³/mol. The molecule has 0 bridgehead atoms. The summed E-state index contributed by atoms with van der Waals surface area (Å²) in [6, 6.07) is 1.81. The number of phenols is 1. The molecule has 1 rings (SSSR count). The zero-order valence-electron chi connectivity index (χ0n) is 16.1. The number of nitrogens with one attached hydrogen (secondary N) is 3. The molecule has 4 unspecified atom stereocenters. The summed E-state index contributed by atoms with van der Waals surface area (Å²) < 4.78 is 0. The smallest absolute Gasteiger partial charge is 0.325 e. The summed E-state index contributed by atoms with van der Waals surface area (Å²) in [7, 11) is 0. The molecule has 1 aromatic rings. The Bertz CT molecular complexity index is 740. The highest BCUT2D eigenvalue weighted by Gasteiger charge is 2.28. The van der Waals surface area contributed by atoms with Crippen molar-refractivity contribution in [3.63, 3.8) is 0 Å². The number of nitrogens with two attached hydrogens (primary N) is 1. The van der Waals surface area contributed by atoms with Crippen LogP contribution in [0.3, 0.4) is 0 Å². The zero-order valence-corrected chi connectivity index (χ0v) is 17.0. The van der Waals surface area contributed by atoms with Gasteiger partial charge in [-0.2, -0.15) is 12.6 Å². The molecule has 0 aliphatic heterocycles. The van der Waals surface area contributed by atoms with E-state index in [9.17, 15) is 24.3 Å². The molecule has 0 heterocycles. The summed E-state index contributed by atoms with van der Waals surface area (Å²) in [6.07, 6.45) is 0.0325. The molecular formula is C18H26N4O6S. The topological polar surface area (TPSA) is 171 Å². The van der Waals surface area contributed by atoms with Gasteiger partial charge in [-0.25, -0.2) is 0 Å². The van der Waals surface area contributed by atoms with Crippen LogP contribution in [0, 0.1) is 0 Å². The minimum Gasteiger partial charge on any atom is -0.508 e. The number of aromatic hydroxyl groups is 1. The molecule has 1 aromatic carbocycles. The van der Waals surface area contributed by atoms with Crippen molar-refractivity contribution in [1.82, 2.24) is 16.0 Å². The number of thiol groups is 1. The first-order valence-corrected chi connectivity index (χ1v) is 9.46. The molecule has 0 aromatic heterocycles. The van der Waals surface area contributed by atoms with Crippen molar-refractivity contribution >= 4 is 36.3 Å². The van der Waals surface area contributed by atoms with Gasteiger partial charge in [0.15, 0.2) is 0 Å². The maximum Gasteiger partial charge on any atom is 0.325 e. The van der Waals surface area contributed by atoms with Crippen molar-refractivity contribution in [3.8, 4) is 5.75 Å². The number of carboxylic acid groups (broad SMARTS) is 1. The Kier molecular flexibility index (Phi) is 9.42. The van der Waals surface area contributed by atoms with Gasteiger partial charge in [0.25, 0.3) is 0 Å². The van der Waals surface area contributed by atoms with Crippen LogP contribution in [-0.4, -0.2) is 63.8 Å². The van der Waals surface area contributed by atoms with Crippen LogP contribution in [0.5, 0.6) is 5.75 Å². The van der Waals surface area contributed by atoms with Crippen LogP contribution < -0.4 is 21.7 Å². The Morgan fingerprint density at radius 1 is 0.966 bits per heavy atom. The van der Waals surface area contributed by atoms with E-state index in [1.54, 1.807) is 12.1 Å². The predicted octanol–water partition coefficient (Wildman–Crippen LogP) is -1.23. The van der Waals surface area contributed by atoms with Crippen LogP contribution in [0.1, 0.15) is 19.4 Å². The molecule has 4 atom stereocenters. The lowest BCUT2D eigenvalue weighted by Crippen LogP contribution is -2.57. The highest BCUT2D eigenvalue weighted by atomic mass is 32.1. The third kappa shape index (κ3) is 8.00. The van der Waals surface area contributed by atoms with Gasteiger partial charge in [0, 0.05) is 12.2 Å². The van der Waals surface area contributed by atoms with Gasteiger partial charge >= 0.3 is 5.97 Å². The van der Waals surface area contributed by atoms with Crippen LogP contribution in [0.15, 0.2) is 24.3 Å². The second-order valence-electron chi connectivity index (χ2n) is 6.53. The quantitative estimate of drug-likeness (QED) is 0.230. The van der Waals surface area contributed by atoms with Gasteiger partial charge in [-0.1, -0.05) is 12.1 Å². The van der Waals surface area contributed by atoms with E-state index >= 15 is 0 Å². The minimum atomic E-state index is -1.23. The number of benzene rings is 1. The third-order valence-electron chi connectivity index (χ3n) is 3.97. The second kappa shape index (κ2) is 11.3. The van der Waals surface area contributed by atoms with E-state index < -0.39 is 47.9 Å². The Balaban J connectivity index is 2.97. The number of hydrogen-bond donors (Lipinski definition) is 7. The number of amides is 3. The number of hydrogen-bond acceptors (Lipinski definition) is 7. The van der Waals surface area contributed by atoms with Crippen molar-refractivity contribution in [1.29, 1.82) is 0 Å². The van der Waals surface area contributed by atoms with Crippen LogP contribution >= 0.6 is 12.6 Å². The molecule has 3 amide bonds. The molecule has 160 valence electrons. The lowest BCUT2D eigenvalue weighted by Gasteiger charge is -2.23. The van der Waals surface area contributed by atoms with Gasteiger partial charge in [0.1, 0.15) is 23.9 Å². The molecule has 0 aliphatic carbocycles. The SMILES string of the molecule is CC(N)C(=O)NC(CS)C(=O)NC(Cc1ccc(O)cc1)C(=O)NC(C)C(=O)O. The summed E-state index contributed by atoms with van der Waals surface area (Å²) in [4.78, 5) is 47.9. The normalized spacial score (nSPS) is 14.8. The van der Waals surface area contributed by atoms with Gasteiger partial charge in [0.2, 0.25) is 17.7 Å². The fourth-order valence-corrected chi connectivity index (χ4v) is 2.48. The van der Waals surface area contributed by atoms with Crippen molar-refractivity contribution in [2.45, 2.75) is 44.4 Å². The summed E-state index contributed by atoms with van der Waals surface area (Å²) >= 11 is 4.04. The molecule has 29 heavy (non-hydrogen) atoms. The van der Waals surface area contributed by atoms with E-state index in [0.717, 1.165) is 0 Å². The molecule has 0 saturated carbocycles.